The van der Waals surface area contributed by atoms with E-state index in [9.17, 15) is 14.3 Å². The van der Waals surface area contributed by atoms with Crippen LogP contribution in [0.3, 0.4) is 0 Å². The molecule has 1 unspecified atom stereocenters. The second-order valence-electron chi connectivity index (χ2n) is 8.02. The molecule has 9 heteroatoms. The average Bonchev–Trinajstić information content (AvgIpc) is 3.19. The molecule has 0 spiro atoms. The largest absolute Gasteiger partial charge is 0.391 e. The molecule has 5 rings (SSSR count). The number of piperidine rings is 1. The molecule has 4 heterocycles. The van der Waals surface area contributed by atoms with Crippen LogP contribution in [-0.2, 0) is 11.3 Å². The summed E-state index contributed by atoms with van der Waals surface area (Å²) < 4.78 is 21.6. The van der Waals surface area contributed by atoms with Crippen LogP contribution in [0.2, 0.25) is 0 Å². The van der Waals surface area contributed by atoms with Crippen molar-refractivity contribution in [2.45, 2.75) is 38.0 Å². The van der Waals surface area contributed by atoms with Crippen molar-refractivity contribution in [1.82, 2.24) is 19.9 Å². The quantitative estimate of drug-likeness (QED) is 0.574. The van der Waals surface area contributed by atoms with Crippen molar-refractivity contribution >= 4 is 17.4 Å². The van der Waals surface area contributed by atoms with Gasteiger partial charge in [0.2, 0.25) is 0 Å². The molecule has 0 aliphatic carbocycles. The Morgan fingerprint density at radius 3 is 3.06 bits per heavy atom. The van der Waals surface area contributed by atoms with Gasteiger partial charge in [-0.15, -0.1) is 0 Å². The van der Waals surface area contributed by atoms with E-state index in [1.807, 2.05) is 4.90 Å². The summed E-state index contributed by atoms with van der Waals surface area (Å²) >= 11 is 0. The number of nitrogens with one attached hydrogen (secondary N) is 1. The van der Waals surface area contributed by atoms with E-state index in [1.54, 1.807) is 28.9 Å². The first-order valence-electron chi connectivity index (χ1n) is 10.5. The van der Waals surface area contributed by atoms with Crippen molar-refractivity contribution in [2.24, 2.45) is 0 Å². The molecule has 1 amide bonds. The number of carbonyl (C=O) groups is 1. The summed E-state index contributed by atoms with van der Waals surface area (Å²) in [6, 6.07) is 6.40. The van der Waals surface area contributed by atoms with Gasteiger partial charge in [0, 0.05) is 25.9 Å². The minimum atomic E-state index is -0.516. The number of aliphatic hydroxyl groups excluding tert-OH is 1. The summed E-state index contributed by atoms with van der Waals surface area (Å²) in [6.45, 7) is 1.65. The number of rotatable bonds is 0. The summed E-state index contributed by atoms with van der Waals surface area (Å²) in [4.78, 5) is 19.4. The van der Waals surface area contributed by atoms with Crippen LogP contribution < -0.4 is 10.2 Å². The van der Waals surface area contributed by atoms with Gasteiger partial charge in [-0.05, 0) is 48.6 Å². The van der Waals surface area contributed by atoms with Crippen molar-refractivity contribution in [2.75, 3.05) is 24.6 Å². The molecule has 2 aromatic heterocycles. The predicted octanol–water partition coefficient (Wildman–Crippen LogP) is 2.22. The summed E-state index contributed by atoms with van der Waals surface area (Å²) in [5.41, 5.74) is 2.58. The minimum Gasteiger partial charge on any atom is -0.391 e. The number of halogens is 1. The second-order valence-corrected chi connectivity index (χ2v) is 8.02. The van der Waals surface area contributed by atoms with Crippen LogP contribution in [0.15, 0.2) is 36.7 Å². The van der Waals surface area contributed by atoms with Crippen LogP contribution in [0, 0.1) is 5.82 Å². The Bertz CT molecular complexity index is 1120. The summed E-state index contributed by atoms with van der Waals surface area (Å²) in [6.07, 6.45) is 4.65. The van der Waals surface area contributed by atoms with Crippen molar-refractivity contribution in [3.05, 3.63) is 59.2 Å². The van der Waals surface area contributed by atoms with E-state index >= 15 is 0 Å². The van der Waals surface area contributed by atoms with Crippen LogP contribution in [0.1, 0.15) is 46.8 Å². The first-order chi connectivity index (χ1) is 15.1. The summed E-state index contributed by atoms with van der Waals surface area (Å²) in [5, 5.41) is 17.5. The highest BCUT2D eigenvalue weighted by atomic mass is 19.1. The van der Waals surface area contributed by atoms with Crippen molar-refractivity contribution in [3.8, 4) is 0 Å². The Morgan fingerprint density at radius 2 is 2.16 bits per heavy atom. The molecule has 2 atom stereocenters. The average molecular weight is 425 g/mol. The molecule has 0 saturated carbocycles. The Hall–Kier alpha value is -3.04. The number of anilines is 1. The number of hydrogen-bond acceptors (Lipinski definition) is 6. The lowest BCUT2D eigenvalue weighted by Crippen LogP contribution is -2.41. The third kappa shape index (κ3) is 3.86. The normalized spacial score (nSPS) is 22.4. The van der Waals surface area contributed by atoms with Crippen LogP contribution >= 0.6 is 0 Å². The highest BCUT2D eigenvalue weighted by Gasteiger charge is 2.31. The van der Waals surface area contributed by atoms with Gasteiger partial charge in [0.15, 0.2) is 5.65 Å². The third-order valence-corrected chi connectivity index (χ3v) is 5.93. The fraction of sp³-hybridized carbons (Fsp3) is 0.409. The summed E-state index contributed by atoms with van der Waals surface area (Å²) in [5.74, 6) is 0.0610. The second kappa shape index (κ2) is 8.24. The molecule has 2 N–H and O–H groups in total. The van der Waals surface area contributed by atoms with Gasteiger partial charge in [-0.25, -0.2) is 13.9 Å². The zero-order valence-electron chi connectivity index (χ0n) is 17.0. The lowest BCUT2D eigenvalue weighted by atomic mass is 9.90. The van der Waals surface area contributed by atoms with Crippen LogP contribution in [0.4, 0.5) is 10.2 Å². The van der Waals surface area contributed by atoms with Gasteiger partial charge in [-0.1, -0.05) is 6.07 Å². The third-order valence-electron chi connectivity index (χ3n) is 5.93. The predicted molar refractivity (Wildman–Crippen MR) is 111 cm³/mol. The number of hydrogen-bond donors (Lipinski definition) is 2. The molecule has 1 aromatic carbocycles. The van der Waals surface area contributed by atoms with E-state index in [2.05, 4.69) is 10.4 Å². The van der Waals surface area contributed by atoms with Crippen LogP contribution in [0.25, 0.3) is 5.65 Å². The molecular weight excluding hydrogens is 401 g/mol. The molecule has 2 bridgehead atoms. The van der Waals surface area contributed by atoms with Gasteiger partial charge in [0.25, 0.3) is 5.91 Å². The van der Waals surface area contributed by atoms with E-state index in [0.29, 0.717) is 62.6 Å². The SMILES string of the molecule is O=C1NCCCOCc2ccc(F)cc2[C@H]2CCC(O)CN2c2ccn3ncc1c3n2. The highest BCUT2D eigenvalue weighted by Crippen LogP contribution is 2.36. The molecule has 0 radical (unpaired) electrons. The fourth-order valence-corrected chi connectivity index (χ4v) is 4.37. The van der Waals surface area contributed by atoms with Gasteiger partial charge in [0.1, 0.15) is 17.2 Å². The van der Waals surface area contributed by atoms with Gasteiger partial charge in [0.05, 0.1) is 24.9 Å². The topological polar surface area (TPSA) is 92.0 Å². The number of nitrogens with zero attached hydrogens (tertiary/aromatic N) is 4. The lowest BCUT2D eigenvalue weighted by Gasteiger charge is -2.40. The summed E-state index contributed by atoms with van der Waals surface area (Å²) in [7, 11) is 0. The zero-order valence-corrected chi connectivity index (χ0v) is 17.0. The fourth-order valence-electron chi connectivity index (χ4n) is 4.37. The Morgan fingerprint density at radius 1 is 1.26 bits per heavy atom. The van der Waals surface area contributed by atoms with Crippen molar-refractivity contribution in [3.63, 3.8) is 0 Å². The molecule has 8 nitrogen and oxygen atoms in total. The molecule has 31 heavy (non-hydrogen) atoms. The molecular formula is C22H24FN5O3. The lowest BCUT2D eigenvalue weighted by molar-refractivity contribution is 0.0935. The number of aliphatic hydroxyl groups is 1. The van der Waals surface area contributed by atoms with Crippen LogP contribution in [0.5, 0.6) is 0 Å². The van der Waals surface area contributed by atoms with Gasteiger partial charge in [-0.2, -0.15) is 5.10 Å². The molecule has 162 valence electrons. The number of aromatic nitrogens is 3. The van der Waals surface area contributed by atoms with E-state index < -0.39 is 6.10 Å². The molecule has 2 aliphatic rings. The van der Waals surface area contributed by atoms with Crippen molar-refractivity contribution < 1.29 is 19.0 Å². The maximum absolute atomic E-state index is 14.2. The van der Waals surface area contributed by atoms with E-state index in [-0.39, 0.29) is 17.8 Å². The maximum atomic E-state index is 14.2. The van der Waals surface area contributed by atoms with E-state index in [0.717, 1.165) is 11.1 Å². The smallest absolute Gasteiger partial charge is 0.256 e. The first kappa shape index (κ1) is 19.9. The Labute approximate surface area is 178 Å². The van der Waals surface area contributed by atoms with E-state index in [1.165, 1.54) is 12.3 Å². The molecule has 3 aromatic rings. The van der Waals surface area contributed by atoms with Gasteiger partial charge >= 0.3 is 0 Å². The number of carbonyl (C=O) groups excluding carboxylic acids is 1. The van der Waals surface area contributed by atoms with Crippen LogP contribution in [-0.4, -0.2) is 51.4 Å². The molecule has 1 saturated heterocycles. The first-order valence-corrected chi connectivity index (χ1v) is 10.5. The maximum Gasteiger partial charge on any atom is 0.256 e. The minimum absolute atomic E-state index is 0.169. The van der Waals surface area contributed by atoms with Gasteiger partial charge in [-0.3, -0.25) is 4.79 Å². The number of amides is 1. The Kier molecular flexibility index (Phi) is 5.29. The number of benzene rings is 1. The van der Waals surface area contributed by atoms with E-state index in [4.69, 9.17) is 9.72 Å². The number of fused-ring (bicyclic) bond motifs is 5. The van der Waals surface area contributed by atoms with Gasteiger partial charge < -0.3 is 20.1 Å². The molecule has 2 aliphatic heterocycles. The zero-order chi connectivity index (χ0) is 21.4. The molecule has 1 fully saturated rings. The monoisotopic (exact) mass is 425 g/mol. The van der Waals surface area contributed by atoms with Crippen molar-refractivity contribution in [1.29, 1.82) is 0 Å². The Balaban J connectivity index is 1.64. The number of ether oxygens (including phenoxy) is 1. The standard InChI is InChI=1S/C22H24FN5O3/c23-15-3-2-14-13-31-9-1-7-24-22(30)18-11-25-28-8-6-20(26-21(18)28)27-12-16(29)4-5-19(27)17(14)10-15/h2-3,6,8,10-11,16,19,29H,1,4-5,7,9,12-13H2,(H,24,30)/t16?,19-/m1/s1. The highest BCUT2D eigenvalue weighted by molar-refractivity contribution is 5.99.